The molecule has 0 bridgehead atoms. The fourth-order valence-corrected chi connectivity index (χ4v) is 2.09. The van der Waals surface area contributed by atoms with E-state index in [1.165, 1.54) is 6.07 Å². The van der Waals surface area contributed by atoms with Gasteiger partial charge in [-0.1, -0.05) is 42.0 Å². The van der Waals surface area contributed by atoms with Gasteiger partial charge in [-0.3, -0.25) is 0 Å². The second-order valence-corrected chi connectivity index (χ2v) is 5.15. The SMILES string of the molecule is Cc1ccc(C(C)(N)c2cccc(C(F)(F)F)c2)cc1. The summed E-state index contributed by atoms with van der Waals surface area (Å²) in [5.74, 6) is 0. The fourth-order valence-electron chi connectivity index (χ4n) is 2.09. The maximum absolute atomic E-state index is 12.8. The van der Waals surface area contributed by atoms with E-state index in [2.05, 4.69) is 0 Å². The molecule has 1 nitrogen and oxygen atoms in total. The minimum Gasteiger partial charge on any atom is -0.318 e. The van der Waals surface area contributed by atoms with Gasteiger partial charge in [-0.25, -0.2) is 0 Å². The molecule has 0 saturated carbocycles. The molecular formula is C16H16F3N. The van der Waals surface area contributed by atoms with E-state index in [1.807, 2.05) is 31.2 Å². The number of aryl methyl sites for hydroxylation is 1. The maximum atomic E-state index is 12.8. The molecule has 2 aromatic rings. The second kappa shape index (κ2) is 4.94. The molecule has 2 rings (SSSR count). The van der Waals surface area contributed by atoms with Crippen LogP contribution in [-0.4, -0.2) is 0 Å². The zero-order valence-electron chi connectivity index (χ0n) is 11.3. The van der Waals surface area contributed by atoms with Gasteiger partial charge in [0, 0.05) is 0 Å². The van der Waals surface area contributed by atoms with Gasteiger partial charge in [0.05, 0.1) is 11.1 Å². The van der Waals surface area contributed by atoms with E-state index in [9.17, 15) is 13.2 Å². The Labute approximate surface area is 116 Å². The fraction of sp³-hybridized carbons (Fsp3) is 0.250. The molecule has 1 unspecified atom stereocenters. The van der Waals surface area contributed by atoms with Gasteiger partial charge in [0.1, 0.15) is 0 Å². The summed E-state index contributed by atoms with van der Waals surface area (Å²) in [6.07, 6.45) is -4.36. The van der Waals surface area contributed by atoms with Gasteiger partial charge in [-0.15, -0.1) is 0 Å². The molecule has 2 aromatic carbocycles. The first-order valence-electron chi connectivity index (χ1n) is 6.25. The van der Waals surface area contributed by atoms with Gasteiger partial charge in [0.25, 0.3) is 0 Å². The van der Waals surface area contributed by atoms with Crippen LogP contribution >= 0.6 is 0 Å². The molecule has 20 heavy (non-hydrogen) atoms. The van der Waals surface area contributed by atoms with Crippen molar-refractivity contribution in [2.45, 2.75) is 25.6 Å². The van der Waals surface area contributed by atoms with Crippen LogP contribution in [0.5, 0.6) is 0 Å². The number of hydrogen-bond acceptors (Lipinski definition) is 1. The summed E-state index contributed by atoms with van der Waals surface area (Å²) in [6, 6.07) is 12.6. The third kappa shape index (κ3) is 2.85. The summed E-state index contributed by atoms with van der Waals surface area (Å²) in [7, 11) is 0. The average Bonchev–Trinajstić information content (AvgIpc) is 2.38. The van der Waals surface area contributed by atoms with Crippen LogP contribution in [0.1, 0.15) is 29.2 Å². The Kier molecular flexibility index (Phi) is 3.61. The highest BCUT2D eigenvalue weighted by Gasteiger charge is 2.32. The van der Waals surface area contributed by atoms with Crippen molar-refractivity contribution in [3.05, 3.63) is 70.8 Å². The lowest BCUT2D eigenvalue weighted by Gasteiger charge is -2.27. The molecule has 0 aromatic heterocycles. The monoisotopic (exact) mass is 279 g/mol. The Bertz CT molecular complexity index is 598. The highest BCUT2D eigenvalue weighted by molar-refractivity contribution is 5.40. The van der Waals surface area contributed by atoms with Crippen molar-refractivity contribution in [3.63, 3.8) is 0 Å². The van der Waals surface area contributed by atoms with Gasteiger partial charge in [-0.05, 0) is 37.1 Å². The number of nitrogens with two attached hydrogens (primary N) is 1. The van der Waals surface area contributed by atoms with E-state index in [4.69, 9.17) is 5.73 Å². The van der Waals surface area contributed by atoms with Crippen molar-refractivity contribution >= 4 is 0 Å². The molecule has 0 aliphatic carbocycles. The molecule has 0 heterocycles. The maximum Gasteiger partial charge on any atom is 0.416 e. The van der Waals surface area contributed by atoms with Crippen LogP contribution in [0.2, 0.25) is 0 Å². The summed E-state index contributed by atoms with van der Waals surface area (Å²) >= 11 is 0. The Morgan fingerprint density at radius 3 is 1.95 bits per heavy atom. The smallest absolute Gasteiger partial charge is 0.318 e. The van der Waals surface area contributed by atoms with Crippen molar-refractivity contribution in [1.82, 2.24) is 0 Å². The minimum atomic E-state index is -4.36. The molecule has 0 aliphatic heterocycles. The molecule has 0 spiro atoms. The Morgan fingerprint density at radius 2 is 1.40 bits per heavy atom. The first-order chi connectivity index (χ1) is 9.21. The van der Waals surface area contributed by atoms with E-state index < -0.39 is 17.3 Å². The zero-order valence-corrected chi connectivity index (χ0v) is 11.3. The van der Waals surface area contributed by atoms with Gasteiger partial charge < -0.3 is 5.73 Å². The Hall–Kier alpha value is -1.81. The topological polar surface area (TPSA) is 26.0 Å². The van der Waals surface area contributed by atoms with E-state index in [-0.39, 0.29) is 0 Å². The average molecular weight is 279 g/mol. The van der Waals surface area contributed by atoms with Crippen molar-refractivity contribution in [1.29, 1.82) is 0 Å². The summed E-state index contributed by atoms with van der Waals surface area (Å²) in [5, 5.41) is 0. The van der Waals surface area contributed by atoms with Gasteiger partial charge in [-0.2, -0.15) is 13.2 Å². The standard InChI is InChI=1S/C16H16F3N/c1-11-6-8-12(9-7-11)15(2,20)13-4-3-5-14(10-13)16(17,18)19/h3-10H,20H2,1-2H3. The van der Waals surface area contributed by atoms with Crippen molar-refractivity contribution in [3.8, 4) is 0 Å². The molecule has 2 N–H and O–H groups in total. The van der Waals surface area contributed by atoms with Crippen LogP contribution in [0.3, 0.4) is 0 Å². The quantitative estimate of drug-likeness (QED) is 0.874. The molecule has 0 saturated heterocycles. The largest absolute Gasteiger partial charge is 0.416 e. The van der Waals surface area contributed by atoms with Crippen LogP contribution in [0, 0.1) is 6.92 Å². The molecule has 4 heteroatoms. The van der Waals surface area contributed by atoms with Crippen LogP contribution < -0.4 is 5.73 Å². The second-order valence-electron chi connectivity index (χ2n) is 5.15. The number of alkyl halides is 3. The Morgan fingerprint density at radius 1 is 0.850 bits per heavy atom. The lowest BCUT2D eigenvalue weighted by Crippen LogP contribution is -2.34. The highest BCUT2D eigenvalue weighted by Crippen LogP contribution is 2.33. The van der Waals surface area contributed by atoms with Gasteiger partial charge in [0.15, 0.2) is 0 Å². The predicted molar refractivity (Wildman–Crippen MR) is 73.3 cm³/mol. The van der Waals surface area contributed by atoms with E-state index >= 15 is 0 Å². The van der Waals surface area contributed by atoms with Gasteiger partial charge >= 0.3 is 6.18 Å². The predicted octanol–water partition coefficient (Wildman–Crippen LogP) is 4.24. The van der Waals surface area contributed by atoms with E-state index in [0.29, 0.717) is 5.56 Å². The number of rotatable bonds is 2. The molecule has 1 atom stereocenters. The number of halogens is 3. The van der Waals surface area contributed by atoms with Crippen molar-refractivity contribution in [2.75, 3.05) is 0 Å². The van der Waals surface area contributed by atoms with Crippen LogP contribution in [0.4, 0.5) is 13.2 Å². The normalized spacial score (nSPS) is 14.9. The Balaban J connectivity index is 2.46. The van der Waals surface area contributed by atoms with Gasteiger partial charge in [0.2, 0.25) is 0 Å². The molecular weight excluding hydrogens is 263 g/mol. The first kappa shape index (κ1) is 14.6. The van der Waals surface area contributed by atoms with Crippen LogP contribution in [0.25, 0.3) is 0 Å². The molecule has 0 radical (unpaired) electrons. The summed E-state index contributed by atoms with van der Waals surface area (Å²) < 4.78 is 38.3. The third-order valence-corrected chi connectivity index (χ3v) is 3.44. The molecule has 0 aliphatic rings. The number of benzene rings is 2. The van der Waals surface area contributed by atoms with Crippen molar-refractivity contribution in [2.24, 2.45) is 5.73 Å². The summed E-state index contributed by atoms with van der Waals surface area (Å²) in [4.78, 5) is 0. The van der Waals surface area contributed by atoms with E-state index in [1.54, 1.807) is 13.0 Å². The molecule has 0 amide bonds. The highest BCUT2D eigenvalue weighted by atomic mass is 19.4. The summed E-state index contributed by atoms with van der Waals surface area (Å²) in [5.41, 5.74) is 6.91. The lowest BCUT2D eigenvalue weighted by atomic mass is 9.84. The molecule has 0 fully saturated rings. The lowest BCUT2D eigenvalue weighted by molar-refractivity contribution is -0.137. The van der Waals surface area contributed by atoms with Crippen LogP contribution in [0.15, 0.2) is 48.5 Å². The number of hydrogen-bond donors (Lipinski definition) is 1. The first-order valence-corrected chi connectivity index (χ1v) is 6.25. The van der Waals surface area contributed by atoms with Crippen molar-refractivity contribution < 1.29 is 13.2 Å². The molecule has 106 valence electrons. The minimum absolute atomic E-state index is 0.441. The van der Waals surface area contributed by atoms with Crippen LogP contribution in [-0.2, 0) is 11.7 Å². The van der Waals surface area contributed by atoms with E-state index in [0.717, 1.165) is 23.3 Å². The third-order valence-electron chi connectivity index (χ3n) is 3.44. The summed E-state index contributed by atoms with van der Waals surface area (Å²) in [6.45, 7) is 3.66. The zero-order chi connectivity index (χ0) is 15.0.